The van der Waals surface area contributed by atoms with E-state index in [1.165, 1.54) is 70.0 Å². The number of aryl methyl sites for hydroxylation is 2. The first-order chi connectivity index (χ1) is 12.2. The molecule has 144 valence electrons. The zero-order valence-electron chi connectivity index (χ0n) is 16.5. The number of unbranched alkanes of at least 4 members (excludes halogenated alkanes) is 8. The maximum atomic E-state index is 10.6. The largest absolute Gasteiger partial charge is 0.550 e. The molecule has 4 heteroatoms. The van der Waals surface area contributed by atoms with Crippen LogP contribution in [0.4, 0.5) is 0 Å². The molecule has 0 aliphatic heterocycles. The van der Waals surface area contributed by atoms with E-state index in [0.29, 0.717) is 6.42 Å². The molecule has 0 aliphatic rings. The van der Waals surface area contributed by atoms with Crippen molar-refractivity contribution in [1.29, 1.82) is 0 Å². The topological polar surface area (TPSA) is 48.9 Å². The van der Waals surface area contributed by atoms with Crippen molar-refractivity contribution in [2.75, 3.05) is 0 Å². The highest BCUT2D eigenvalue weighted by atomic mass is 16.4. The van der Waals surface area contributed by atoms with E-state index >= 15 is 0 Å². The number of carbonyl (C=O) groups is 1. The first-order valence-electron chi connectivity index (χ1n) is 10.5. The van der Waals surface area contributed by atoms with Crippen molar-refractivity contribution in [3.63, 3.8) is 0 Å². The van der Waals surface area contributed by atoms with Gasteiger partial charge in [-0.2, -0.15) is 0 Å². The number of hydrogen-bond acceptors (Lipinski definition) is 2. The first kappa shape index (κ1) is 21.7. The molecule has 1 aromatic rings. The Morgan fingerprint density at radius 2 is 1.60 bits per heavy atom. The van der Waals surface area contributed by atoms with E-state index in [1.54, 1.807) is 0 Å². The summed E-state index contributed by atoms with van der Waals surface area (Å²) in [5.41, 5.74) is 0. The van der Waals surface area contributed by atoms with Crippen LogP contribution in [0.3, 0.4) is 0 Å². The summed E-state index contributed by atoms with van der Waals surface area (Å²) in [5.74, 6) is 0.411. The zero-order chi connectivity index (χ0) is 18.3. The molecule has 4 nitrogen and oxygen atoms in total. The number of rotatable bonds is 16. The van der Waals surface area contributed by atoms with Gasteiger partial charge in [0, 0.05) is 12.4 Å². The molecule has 0 amide bonds. The third-order valence-corrected chi connectivity index (χ3v) is 4.88. The second-order valence-corrected chi connectivity index (χ2v) is 7.16. The van der Waals surface area contributed by atoms with Gasteiger partial charge in [-0.3, -0.25) is 0 Å². The van der Waals surface area contributed by atoms with Crippen LogP contribution in [-0.4, -0.2) is 10.5 Å². The van der Waals surface area contributed by atoms with Gasteiger partial charge in [-0.05, 0) is 25.7 Å². The Labute approximate surface area is 154 Å². The summed E-state index contributed by atoms with van der Waals surface area (Å²) in [5, 5.41) is 10.6. The van der Waals surface area contributed by atoms with Crippen LogP contribution in [0.1, 0.15) is 96.7 Å². The number of aromatic nitrogens is 2. The van der Waals surface area contributed by atoms with Crippen LogP contribution in [0.25, 0.3) is 0 Å². The molecule has 0 aliphatic carbocycles. The van der Waals surface area contributed by atoms with E-state index in [1.807, 2.05) is 0 Å². The highest BCUT2D eigenvalue weighted by molar-refractivity contribution is 5.63. The summed E-state index contributed by atoms with van der Waals surface area (Å²) >= 11 is 0. The highest BCUT2D eigenvalue weighted by Crippen LogP contribution is 2.11. The minimum absolute atomic E-state index is 0.143. The summed E-state index contributed by atoms with van der Waals surface area (Å²) in [6.07, 6.45) is 19.2. The van der Waals surface area contributed by atoms with Gasteiger partial charge in [0.15, 0.2) is 0 Å². The summed E-state index contributed by atoms with van der Waals surface area (Å²) in [7, 11) is 0. The predicted octanol–water partition coefficient (Wildman–Crippen LogP) is 3.79. The van der Waals surface area contributed by atoms with E-state index < -0.39 is 5.97 Å². The van der Waals surface area contributed by atoms with Crippen molar-refractivity contribution in [2.24, 2.45) is 0 Å². The highest BCUT2D eigenvalue weighted by Gasteiger charge is 2.16. The quantitative estimate of drug-likeness (QED) is 0.336. The number of aliphatic carboxylic acids is 1. The number of carboxylic acid groups (broad SMARTS) is 1. The number of imidazole rings is 1. The van der Waals surface area contributed by atoms with Gasteiger partial charge in [0.1, 0.15) is 12.4 Å². The average Bonchev–Trinajstić information content (AvgIpc) is 2.97. The van der Waals surface area contributed by atoms with E-state index in [2.05, 4.69) is 35.4 Å². The fourth-order valence-electron chi connectivity index (χ4n) is 3.33. The number of carbonyl (C=O) groups excluding carboxylic acids is 1. The molecule has 0 saturated heterocycles. The maximum absolute atomic E-state index is 10.6. The van der Waals surface area contributed by atoms with Gasteiger partial charge in [0.05, 0.1) is 13.1 Å². The van der Waals surface area contributed by atoms with Gasteiger partial charge >= 0.3 is 0 Å². The number of carboxylic acids is 1. The Balaban J connectivity index is 2.41. The van der Waals surface area contributed by atoms with Crippen molar-refractivity contribution >= 4 is 5.97 Å². The minimum Gasteiger partial charge on any atom is -0.550 e. The Bertz CT molecular complexity index is 468. The van der Waals surface area contributed by atoms with E-state index in [0.717, 1.165) is 19.5 Å². The van der Waals surface area contributed by atoms with Crippen LogP contribution < -0.4 is 9.67 Å². The van der Waals surface area contributed by atoms with Crippen LogP contribution in [0, 0.1) is 0 Å². The molecular weight excluding hydrogens is 312 g/mol. The van der Waals surface area contributed by atoms with E-state index in [-0.39, 0.29) is 6.42 Å². The van der Waals surface area contributed by atoms with Crippen molar-refractivity contribution in [3.8, 4) is 0 Å². The second-order valence-electron chi connectivity index (χ2n) is 7.16. The van der Waals surface area contributed by atoms with Crippen LogP contribution in [0.15, 0.2) is 12.4 Å². The summed E-state index contributed by atoms with van der Waals surface area (Å²) in [6, 6.07) is 0. The zero-order valence-corrected chi connectivity index (χ0v) is 16.5. The van der Waals surface area contributed by atoms with E-state index in [4.69, 9.17) is 0 Å². The molecule has 0 unspecified atom stereocenters. The summed E-state index contributed by atoms with van der Waals surface area (Å²) in [6.45, 7) is 6.32. The lowest BCUT2D eigenvalue weighted by Gasteiger charge is -2.06. The molecule has 0 radical (unpaired) electrons. The Kier molecular flexibility index (Phi) is 12.1. The lowest BCUT2D eigenvalue weighted by atomic mass is 10.1. The lowest BCUT2D eigenvalue weighted by Crippen LogP contribution is -2.38. The molecule has 1 aromatic heterocycles. The first-order valence-corrected chi connectivity index (χ1v) is 10.5. The fraction of sp³-hybridized carbons (Fsp3) is 0.810. The number of hydrogen-bond donors (Lipinski definition) is 0. The van der Waals surface area contributed by atoms with Gasteiger partial charge in [-0.1, -0.05) is 65.2 Å². The van der Waals surface area contributed by atoms with Crippen LogP contribution in [-0.2, 0) is 24.3 Å². The summed E-state index contributed by atoms with van der Waals surface area (Å²) in [4.78, 5) is 10.6. The molecule has 0 aromatic carbocycles. The van der Waals surface area contributed by atoms with E-state index in [9.17, 15) is 9.90 Å². The van der Waals surface area contributed by atoms with Crippen LogP contribution in [0.5, 0.6) is 0 Å². The molecule has 0 spiro atoms. The Morgan fingerprint density at radius 1 is 0.960 bits per heavy atom. The SMILES string of the molecule is CCCCCCCCCCc1n(CCCC)cc[n+]1CCCC(=O)[O-]. The lowest BCUT2D eigenvalue weighted by molar-refractivity contribution is -0.704. The van der Waals surface area contributed by atoms with Gasteiger partial charge < -0.3 is 9.90 Å². The van der Waals surface area contributed by atoms with Crippen molar-refractivity contribution < 1.29 is 14.5 Å². The smallest absolute Gasteiger partial charge is 0.256 e. The molecule has 1 heterocycles. The fourth-order valence-corrected chi connectivity index (χ4v) is 3.33. The standard InChI is InChI=1S/C21H38N2O2/c1-3-5-7-8-9-10-11-12-14-20-22(16-6-4-2)18-19-23(20)17-13-15-21(24)25/h18-19H,3-17H2,1-2H3. The van der Waals surface area contributed by atoms with Crippen molar-refractivity contribution in [2.45, 2.75) is 110 Å². The van der Waals surface area contributed by atoms with Crippen LogP contribution in [0.2, 0.25) is 0 Å². The van der Waals surface area contributed by atoms with Crippen molar-refractivity contribution in [1.82, 2.24) is 4.57 Å². The second kappa shape index (κ2) is 13.9. The van der Waals surface area contributed by atoms with Crippen LogP contribution >= 0.6 is 0 Å². The Hall–Kier alpha value is -1.32. The monoisotopic (exact) mass is 350 g/mol. The molecule has 0 N–H and O–H groups in total. The average molecular weight is 351 g/mol. The normalized spacial score (nSPS) is 11.1. The van der Waals surface area contributed by atoms with Gasteiger partial charge in [-0.25, -0.2) is 9.13 Å². The Morgan fingerprint density at radius 3 is 2.24 bits per heavy atom. The maximum Gasteiger partial charge on any atom is 0.256 e. The molecule has 0 bridgehead atoms. The summed E-state index contributed by atoms with van der Waals surface area (Å²) < 4.78 is 4.61. The molecular formula is C21H38N2O2. The van der Waals surface area contributed by atoms with Gasteiger partial charge in [0.25, 0.3) is 5.82 Å². The van der Waals surface area contributed by atoms with Crippen molar-refractivity contribution in [3.05, 3.63) is 18.2 Å². The number of nitrogens with zero attached hydrogens (tertiary/aromatic N) is 2. The van der Waals surface area contributed by atoms with Gasteiger partial charge in [-0.15, -0.1) is 0 Å². The predicted molar refractivity (Wildman–Crippen MR) is 100 cm³/mol. The minimum atomic E-state index is -0.948. The molecule has 0 saturated carbocycles. The molecule has 0 atom stereocenters. The molecule has 0 fully saturated rings. The van der Waals surface area contributed by atoms with Gasteiger partial charge in [0.2, 0.25) is 0 Å². The third-order valence-electron chi connectivity index (χ3n) is 4.88. The molecule has 1 rings (SSSR count). The third kappa shape index (κ3) is 9.66. The molecule has 25 heavy (non-hydrogen) atoms.